The number of aromatic nitrogens is 4. The summed E-state index contributed by atoms with van der Waals surface area (Å²) >= 11 is 5.68. The lowest BCUT2D eigenvalue weighted by Crippen LogP contribution is -2.34. The van der Waals surface area contributed by atoms with Crippen LogP contribution in [0, 0.1) is 13.8 Å². The van der Waals surface area contributed by atoms with Gasteiger partial charge in [0, 0.05) is 41.3 Å². The first kappa shape index (κ1) is 33.4. The number of carbonyl (C=O) groups excluding carboxylic acids is 1. The van der Waals surface area contributed by atoms with Crippen LogP contribution in [0.25, 0.3) is 10.4 Å². The van der Waals surface area contributed by atoms with E-state index in [0.717, 1.165) is 4.57 Å². The fourth-order valence-corrected chi connectivity index (χ4v) is 6.85. The Balaban J connectivity index is 1.54. The Morgan fingerprint density at radius 2 is 1.68 bits per heavy atom. The van der Waals surface area contributed by atoms with Crippen LogP contribution in [0.3, 0.4) is 0 Å². The highest BCUT2D eigenvalue weighted by Gasteiger charge is 2.42. The Labute approximate surface area is 252 Å². The van der Waals surface area contributed by atoms with Gasteiger partial charge in [-0.25, -0.2) is 14.7 Å². The first-order valence-corrected chi connectivity index (χ1v) is 15.9. The van der Waals surface area contributed by atoms with Crippen molar-refractivity contribution in [3.63, 3.8) is 0 Å². The van der Waals surface area contributed by atoms with Crippen LogP contribution in [0.15, 0.2) is 36.7 Å². The molecule has 0 spiro atoms. The molecule has 0 aromatic carbocycles. The van der Waals surface area contributed by atoms with E-state index in [1.165, 1.54) is 37.9 Å². The van der Waals surface area contributed by atoms with E-state index in [4.69, 9.17) is 35.9 Å². The summed E-state index contributed by atoms with van der Waals surface area (Å²) in [4.78, 5) is 67.6. The van der Waals surface area contributed by atoms with Crippen molar-refractivity contribution in [2.45, 2.75) is 63.5 Å². The second-order valence-electron chi connectivity index (χ2n) is 9.99. The highest BCUT2D eigenvalue weighted by atomic mass is 32.5. The van der Waals surface area contributed by atoms with E-state index in [1.54, 1.807) is 0 Å². The second-order valence-corrected chi connectivity index (χ2v) is 13.2. The number of hydrogen-bond acceptors (Lipinski definition) is 13. The molecule has 2 aliphatic rings. The van der Waals surface area contributed by atoms with Gasteiger partial charge in [-0.15, -0.1) is 0 Å². The number of rotatable bonds is 12. The number of aliphatic hydroxyl groups excluding tert-OH is 1. The van der Waals surface area contributed by atoms with Crippen LogP contribution in [-0.2, 0) is 39.9 Å². The first-order chi connectivity index (χ1) is 20.9. The molecule has 240 valence electrons. The Hall–Kier alpha value is -3.45. The number of methoxy groups -OCH3 is 1. The van der Waals surface area contributed by atoms with Gasteiger partial charge >= 0.3 is 17.3 Å². The Kier molecular flexibility index (Phi) is 10.7. The average molecular weight is 659 g/mol. The van der Waals surface area contributed by atoms with E-state index < -0.39 is 85.1 Å². The monoisotopic (exact) mass is 658 g/mol. The van der Waals surface area contributed by atoms with E-state index >= 15 is 0 Å². The number of aryl methyl sites for hydroxylation is 2. The van der Waals surface area contributed by atoms with Crippen LogP contribution >= 0.6 is 6.64 Å². The Morgan fingerprint density at radius 3 is 2.23 bits per heavy atom. The van der Waals surface area contributed by atoms with Crippen molar-refractivity contribution in [2.24, 2.45) is 5.11 Å². The molecule has 21 heteroatoms. The minimum atomic E-state index is -3.63. The minimum absolute atomic E-state index is 0.0100. The van der Waals surface area contributed by atoms with Crippen LogP contribution in [0.4, 0.5) is 0 Å². The van der Waals surface area contributed by atoms with Crippen LogP contribution in [-0.4, -0.2) is 81.4 Å². The first-order valence-electron chi connectivity index (χ1n) is 13.2. The quantitative estimate of drug-likeness (QED) is 0.0727. The van der Waals surface area contributed by atoms with Crippen molar-refractivity contribution in [3.05, 3.63) is 75.6 Å². The number of esters is 1. The minimum Gasteiger partial charge on any atom is -0.468 e. The smallest absolute Gasteiger partial charge is 0.330 e. The summed E-state index contributed by atoms with van der Waals surface area (Å²) in [6, 6.07) is -0.812. The normalized spacial score (nSPS) is 26.2. The maximum Gasteiger partial charge on any atom is 0.330 e. The van der Waals surface area contributed by atoms with Gasteiger partial charge in [0.2, 0.25) is 0 Å². The van der Waals surface area contributed by atoms with Crippen molar-refractivity contribution in [1.82, 2.24) is 24.2 Å². The maximum absolute atomic E-state index is 12.4. The Bertz CT molecular complexity index is 1720. The summed E-state index contributed by atoms with van der Waals surface area (Å²) in [5.41, 5.74) is 7.09. The molecule has 2 fully saturated rings. The molecule has 4 N–H and O–H groups in total. The van der Waals surface area contributed by atoms with E-state index in [9.17, 15) is 29.1 Å². The summed E-state index contributed by atoms with van der Waals surface area (Å²) in [5, 5.41) is 16.5. The molecule has 0 saturated carbocycles. The van der Waals surface area contributed by atoms with Gasteiger partial charge in [0.15, 0.2) is 0 Å². The van der Waals surface area contributed by atoms with Gasteiger partial charge in [0.25, 0.3) is 17.8 Å². The molecule has 4 rings (SSSR count). The molecule has 0 amide bonds. The third-order valence-electron chi connectivity index (χ3n) is 7.00. The number of hydrogen-bond donors (Lipinski definition) is 4. The molecule has 0 radical (unpaired) electrons. The molecule has 1 unspecified atom stereocenters. The van der Waals surface area contributed by atoms with Gasteiger partial charge in [0.05, 0.1) is 38.6 Å². The molecule has 44 heavy (non-hydrogen) atoms. The standard InChI is InChI=1S/C23H31N8O11PS/c1-11-7-30(22(36)26-20(11)34)17-4-13(28-29-24)16(41-17)10-39-43(44,25-6-19(33)38-3)42-14-5-18(40-15(14)9-32)31-8-12(2)21(35)27-23(31)37/h7-8,13-18,32H,4-6,9-10H2,1-3H3,(H,25,44)(H,26,34,36)(H,27,35,37)/t13-,14-,15+,16+,17+,18+,43?/m0/s1. The SMILES string of the molecule is COC(=O)CNP(=S)(OC[C@H]1O[C@@H](n2cc(C)c(=O)[nH]c2=O)C[C@@H]1N=[N+]=[N-])O[C@H]1C[C@H](n2cc(C)c(=O)[nH]c2=O)O[C@@H]1CO. The molecule has 0 bridgehead atoms. The highest BCUT2D eigenvalue weighted by molar-refractivity contribution is 8.09. The fourth-order valence-electron chi connectivity index (χ4n) is 4.67. The lowest BCUT2D eigenvalue weighted by molar-refractivity contribution is -0.139. The van der Waals surface area contributed by atoms with Crippen LogP contribution < -0.4 is 27.6 Å². The average Bonchev–Trinajstić information content (AvgIpc) is 3.58. The van der Waals surface area contributed by atoms with Crippen LogP contribution in [0.1, 0.15) is 36.4 Å². The third-order valence-corrected chi connectivity index (χ3v) is 9.55. The van der Waals surface area contributed by atoms with Crippen molar-refractivity contribution in [3.8, 4) is 0 Å². The van der Waals surface area contributed by atoms with E-state index in [-0.39, 0.29) is 30.6 Å². The molecular formula is C23H31N8O11PS. The molecule has 7 atom stereocenters. The van der Waals surface area contributed by atoms with E-state index in [2.05, 4.69) is 29.8 Å². The maximum atomic E-state index is 12.4. The van der Waals surface area contributed by atoms with Crippen molar-refractivity contribution >= 4 is 24.4 Å². The van der Waals surface area contributed by atoms with Gasteiger partial charge < -0.3 is 28.4 Å². The number of aliphatic hydroxyl groups is 1. The second kappa shape index (κ2) is 14.1. The molecule has 2 aliphatic heterocycles. The summed E-state index contributed by atoms with van der Waals surface area (Å²) in [7, 11) is 1.17. The Morgan fingerprint density at radius 1 is 1.11 bits per heavy atom. The van der Waals surface area contributed by atoms with Gasteiger partial charge in [-0.1, -0.05) is 5.11 Å². The summed E-state index contributed by atoms with van der Waals surface area (Å²) in [5.74, 6) is -0.682. The number of nitrogens with one attached hydrogen (secondary N) is 3. The molecule has 2 aromatic rings. The lowest BCUT2D eigenvalue weighted by Gasteiger charge is -2.29. The van der Waals surface area contributed by atoms with Crippen molar-refractivity contribution < 1.29 is 33.2 Å². The van der Waals surface area contributed by atoms with Gasteiger partial charge in [0.1, 0.15) is 25.1 Å². The molecule has 0 aliphatic carbocycles. The van der Waals surface area contributed by atoms with E-state index in [1.807, 2.05) is 0 Å². The van der Waals surface area contributed by atoms with Crippen LogP contribution in [0.2, 0.25) is 0 Å². The van der Waals surface area contributed by atoms with Gasteiger partial charge in [-0.2, -0.15) is 0 Å². The molecule has 2 aromatic heterocycles. The third kappa shape index (κ3) is 7.60. The van der Waals surface area contributed by atoms with Crippen LogP contribution in [0.5, 0.6) is 0 Å². The number of carbonyl (C=O) groups is 1. The van der Waals surface area contributed by atoms with Crippen molar-refractivity contribution in [1.29, 1.82) is 0 Å². The van der Waals surface area contributed by atoms with Gasteiger partial charge in [-0.3, -0.25) is 33.5 Å². The molecule has 2 saturated heterocycles. The summed E-state index contributed by atoms with van der Waals surface area (Å²) in [6.07, 6.45) is -1.95. The molecular weight excluding hydrogens is 627 g/mol. The van der Waals surface area contributed by atoms with E-state index in [0.29, 0.717) is 0 Å². The topological polar surface area (TPSA) is 254 Å². The number of aromatic amines is 2. The zero-order chi connectivity index (χ0) is 32.2. The predicted molar refractivity (Wildman–Crippen MR) is 154 cm³/mol. The number of azide groups is 1. The number of nitrogens with zero attached hydrogens (tertiary/aromatic N) is 5. The summed E-state index contributed by atoms with van der Waals surface area (Å²) in [6.45, 7) is -1.85. The molecule has 4 heterocycles. The fraction of sp³-hybridized carbons (Fsp3) is 0.609. The predicted octanol–water partition coefficient (Wildman–Crippen LogP) is -0.661. The largest absolute Gasteiger partial charge is 0.468 e. The zero-order valence-electron chi connectivity index (χ0n) is 23.8. The lowest BCUT2D eigenvalue weighted by atomic mass is 10.1. The zero-order valence-corrected chi connectivity index (χ0v) is 25.5. The molecule has 19 nitrogen and oxygen atoms in total. The summed E-state index contributed by atoms with van der Waals surface area (Å²) < 4.78 is 30.9. The van der Waals surface area contributed by atoms with Crippen molar-refractivity contribution in [2.75, 3.05) is 26.9 Å². The number of H-pyrrole nitrogens is 2. The number of ether oxygens (including phenoxy) is 3. The van der Waals surface area contributed by atoms with Gasteiger partial charge in [-0.05, 0) is 31.2 Å². The highest BCUT2D eigenvalue weighted by Crippen LogP contribution is 2.49.